The molecular weight excluding hydrogens is 292 g/mol. The monoisotopic (exact) mass is 308 g/mol. The van der Waals surface area contributed by atoms with Crippen LogP contribution in [0.2, 0.25) is 0 Å². The second-order valence-electron chi connectivity index (χ2n) is 5.19. The molecule has 6 heteroatoms. The summed E-state index contributed by atoms with van der Waals surface area (Å²) in [6.45, 7) is -0.0399. The van der Waals surface area contributed by atoms with Crippen molar-refractivity contribution >= 4 is 39.2 Å². The van der Waals surface area contributed by atoms with Crippen LogP contribution in [-0.2, 0) is 9.59 Å². The lowest BCUT2D eigenvalue weighted by molar-refractivity contribution is -0.122. The van der Waals surface area contributed by atoms with Gasteiger partial charge in [0, 0.05) is 36.0 Å². The Hall–Kier alpha value is -2.86. The number of carbonyl (C=O) groups excluding carboxylic acids is 2. The van der Waals surface area contributed by atoms with Crippen LogP contribution in [0.25, 0.3) is 21.8 Å². The highest BCUT2D eigenvalue weighted by Crippen LogP contribution is 2.29. The number of hydrogen-bond acceptors (Lipinski definition) is 5. The normalized spacial score (nSPS) is 10.8. The van der Waals surface area contributed by atoms with Crippen LogP contribution in [0.5, 0.6) is 0 Å². The van der Waals surface area contributed by atoms with E-state index in [0.29, 0.717) is 5.69 Å². The molecule has 116 valence electrons. The van der Waals surface area contributed by atoms with Crippen LogP contribution in [0.1, 0.15) is 12.8 Å². The Balaban J connectivity index is 1.96. The van der Waals surface area contributed by atoms with Gasteiger partial charge in [0.15, 0.2) is 0 Å². The topological polar surface area (TPSA) is 98.0 Å². The highest BCUT2D eigenvalue weighted by molar-refractivity contribution is 6.12. The van der Waals surface area contributed by atoms with Crippen molar-refractivity contribution in [1.82, 2.24) is 9.97 Å². The molecule has 6 nitrogen and oxygen atoms in total. The Morgan fingerprint density at radius 1 is 1.04 bits per heavy atom. The van der Waals surface area contributed by atoms with Gasteiger partial charge in [-0.3, -0.25) is 19.6 Å². The molecule has 0 atom stereocenters. The number of rotatable bonds is 5. The SMILES string of the molecule is NCC(=O)CCC(=O)Nc1cc2cccnc2c2ncccc12. The zero-order chi connectivity index (χ0) is 16.2. The summed E-state index contributed by atoms with van der Waals surface area (Å²) < 4.78 is 0. The Labute approximate surface area is 132 Å². The van der Waals surface area contributed by atoms with Crippen molar-refractivity contribution in [2.45, 2.75) is 12.8 Å². The summed E-state index contributed by atoms with van der Waals surface area (Å²) in [6.07, 6.45) is 3.67. The van der Waals surface area contributed by atoms with Crippen molar-refractivity contribution in [2.24, 2.45) is 5.73 Å². The number of ketones is 1. The van der Waals surface area contributed by atoms with Gasteiger partial charge in [0.1, 0.15) is 5.78 Å². The van der Waals surface area contributed by atoms with Gasteiger partial charge >= 0.3 is 0 Å². The third-order valence-corrected chi connectivity index (χ3v) is 3.59. The van der Waals surface area contributed by atoms with E-state index in [-0.39, 0.29) is 31.1 Å². The number of carbonyl (C=O) groups is 2. The summed E-state index contributed by atoms with van der Waals surface area (Å²) >= 11 is 0. The van der Waals surface area contributed by atoms with Crippen molar-refractivity contribution in [2.75, 3.05) is 11.9 Å². The van der Waals surface area contributed by atoms with Crippen LogP contribution < -0.4 is 11.1 Å². The van der Waals surface area contributed by atoms with Crippen LogP contribution in [0.4, 0.5) is 5.69 Å². The van der Waals surface area contributed by atoms with Gasteiger partial charge in [0.2, 0.25) is 5.91 Å². The highest BCUT2D eigenvalue weighted by atomic mass is 16.2. The molecule has 0 bridgehead atoms. The zero-order valence-corrected chi connectivity index (χ0v) is 12.5. The highest BCUT2D eigenvalue weighted by Gasteiger charge is 2.11. The Morgan fingerprint density at radius 3 is 2.57 bits per heavy atom. The number of nitrogens with zero attached hydrogens (tertiary/aromatic N) is 2. The third kappa shape index (κ3) is 3.17. The Kier molecular flexibility index (Phi) is 4.25. The maximum Gasteiger partial charge on any atom is 0.224 e. The summed E-state index contributed by atoms with van der Waals surface area (Å²) in [5, 5.41) is 4.57. The number of benzene rings is 1. The first-order valence-electron chi connectivity index (χ1n) is 7.33. The van der Waals surface area contributed by atoms with E-state index in [2.05, 4.69) is 15.3 Å². The van der Waals surface area contributed by atoms with Crippen molar-refractivity contribution in [3.8, 4) is 0 Å². The standard InChI is InChI=1S/C17H16N4O2/c18-10-12(22)5-6-15(23)21-14-9-11-3-1-7-19-16(11)17-13(14)4-2-8-20-17/h1-4,7-9H,5-6,10,18H2,(H,21,23). The maximum absolute atomic E-state index is 12.1. The number of fused-ring (bicyclic) bond motifs is 3. The molecule has 2 aromatic heterocycles. The van der Waals surface area contributed by atoms with Gasteiger partial charge in [-0.05, 0) is 24.3 Å². The van der Waals surface area contributed by atoms with E-state index >= 15 is 0 Å². The predicted octanol–water partition coefficient (Wildman–Crippen LogP) is 2.03. The summed E-state index contributed by atoms with van der Waals surface area (Å²) in [4.78, 5) is 32.1. The molecule has 0 aliphatic carbocycles. The number of nitrogens with one attached hydrogen (secondary N) is 1. The lowest BCUT2D eigenvalue weighted by Crippen LogP contribution is -2.18. The van der Waals surface area contributed by atoms with Gasteiger partial charge in [-0.25, -0.2) is 0 Å². The van der Waals surface area contributed by atoms with Gasteiger partial charge in [-0.15, -0.1) is 0 Å². The van der Waals surface area contributed by atoms with E-state index in [9.17, 15) is 9.59 Å². The van der Waals surface area contributed by atoms with Crippen LogP contribution in [0.3, 0.4) is 0 Å². The minimum atomic E-state index is -0.222. The Morgan fingerprint density at radius 2 is 1.78 bits per heavy atom. The molecule has 3 rings (SSSR count). The Bertz CT molecular complexity index is 892. The second kappa shape index (κ2) is 6.50. The molecule has 0 aliphatic rings. The molecule has 0 fully saturated rings. The molecule has 0 spiro atoms. The molecule has 0 aliphatic heterocycles. The van der Waals surface area contributed by atoms with Gasteiger partial charge in [0.25, 0.3) is 0 Å². The summed E-state index contributed by atoms with van der Waals surface area (Å²) in [7, 11) is 0. The van der Waals surface area contributed by atoms with Crippen LogP contribution in [0.15, 0.2) is 42.7 Å². The fraction of sp³-hybridized carbons (Fsp3) is 0.176. The van der Waals surface area contributed by atoms with Gasteiger partial charge in [-0.2, -0.15) is 0 Å². The first-order chi connectivity index (χ1) is 11.2. The molecule has 0 saturated heterocycles. The number of amides is 1. The van der Waals surface area contributed by atoms with Crippen molar-refractivity contribution < 1.29 is 9.59 Å². The summed E-state index contributed by atoms with van der Waals surface area (Å²) in [6, 6.07) is 9.32. The van der Waals surface area contributed by atoms with E-state index in [1.54, 1.807) is 12.4 Å². The average Bonchev–Trinajstić information content (AvgIpc) is 2.60. The predicted molar refractivity (Wildman–Crippen MR) is 89.0 cm³/mol. The molecule has 3 N–H and O–H groups in total. The first-order valence-corrected chi connectivity index (χ1v) is 7.33. The maximum atomic E-state index is 12.1. The molecule has 1 amide bonds. The van der Waals surface area contributed by atoms with Gasteiger partial charge in [0.05, 0.1) is 23.3 Å². The van der Waals surface area contributed by atoms with Gasteiger partial charge < -0.3 is 11.1 Å². The number of pyridine rings is 2. The minimum Gasteiger partial charge on any atom is -0.325 e. The number of nitrogens with two attached hydrogens (primary N) is 1. The lowest BCUT2D eigenvalue weighted by atomic mass is 10.1. The number of Topliss-reactive ketones (excluding diaryl/α,β-unsaturated/α-hetero) is 1. The van der Waals surface area contributed by atoms with Crippen molar-refractivity contribution in [1.29, 1.82) is 0 Å². The minimum absolute atomic E-state index is 0.0399. The van der Waals surface area contributed by atoms with Crippen LogP contribution in [-0.4, -0.2) is 28.2 Å². The summed E-state index contributed by atoms with van der Waals surface area (Å²) in [5.74, 6) is -0.352. The molecule has 2 heterocycles. The largest absolute Gasteiger partial charge is 0.325 e. The van der Waals surface area contributed by atoms with Crippen LogP contribution in [0, 0.1) is 0 Å². The average molecular weight is 308 g/mol. The molecule has 1 aromatic carbocycles. The number of anilines is 1. The van der Waals surface area contributed by atoms with Crippen molar-refractivity contribution in [3.05, 3.63) is 42.7 Å². The molecule has 3 aromatic rings. The molecule has 0 unspecified atom stereocenters. The van der Waals surface area contributed by atoms with E-state index < -0.39 is 0 Å². The quantitative estimate of drug-likeness (QED) is 0.703. The lowest BCUT2D eigenvalue weighted by Gasteiger charge is -2.10. The second-order valence-corrected chi connectivity index (χ2v) is 5.19. The molecule has 0 saturated carbocycles. The van der Waals surface area contributed by atoms with E-state index in [0.717, 1.165) is 21.8 Å². The number of aromatic nitrogens is 2. The molecule has 0 radical (unpaired) electrons. The van der Waals surface area contributed by atoms with Gasteiger partial charge in [-0.1, -0.05) is 6.07 Å². The van der Waals surface area contributed by atoms with Crippen molar-refractivity contribution in [3.63, 3.8) is 0 Å². The third-order valence-electron chi connectivity index (χ3n) is 3.59. The van der Waals surface area contributed by atoms with E-state index in [1.807, 2.05) is 30.3 Å². The zero-order valence-electron chi connectivity index (χ0n) is 12.5. The van der Waals surface area contributed by atoms with E-state index in [4.69, 9.17) is 5.73 Å². The fourth-order valence-corrected chi connectivity index (χ4v) is 2.45. The summed E-state index contributed by atoms with van der Waals surface area (Å²) in [5.41, 5.74) is 7.44. The van der Waals surface area contributed by atoms with Crippen LogP contribution >= 0.6 is 0 Å². The van der Waals surface area contributed by atoms with E-state index in [1.165, 1.54) is 0 Å². The molecule has 23 heavy (non-hydrogen) atoms. The number of hydrogen-bond donors (Lipinski definition) is 2. The fourth-order valence-electron chi connectivity index (χ4n) is 2.45. The smallest absolute Gasteiger partial charge is 0.224 e. The molecular formula is C17H16N4O2. The first kappa shape index (κ1) is 15.1.